The minimum Gasteiger partial charge on any atom is -0.490 e. The number of amides is 3. The van der Waals surface area contributed by atoms with E-state index >= 15 is 0 Å². The predicted molar refractivity (Wildman–Crippen MR) is 151 cm³/mol. The van der Waals surface area contributed by atoms with Crippen LogP contribution in [-0.4, -0.2) is 67.7 Å². The van der Waals surface area contributed by atoms with E-state index in [9.17, 15) is 23.9 Å². The zero-order valence-corrected chi connectivity index (χ0v) is 24.9. The van der Waals surface area contributed by atoms with Gasteiger partial charge in [-0.2, -0.15) is 0 Å². The second kappa shape index (κ2) is 13.2. The molecule has 1 saturated carbocycles. The second-order valence-corrected chi connectivity index (χ2v) is 12.3. The van der Waals surface area contributed by atoms with Crippen molar-refractivity contribution in [2.24, 2.45) is 5.92 Å². The number of aliphatic hydroxyl groups is 1. The summed E-state index contributed by atoms with van der Waals surface area (Å²) in [6.07, 6.45) is 5.72. The maximum absolute atomic E-state index is 14.4. The Morgan fingerprint density at radius 2 is 1.98 bits per heavy atom. The normalized spacial score (nSPS) is 18.8. The van der Waals surface area contributed by atoms with Crippen LogP contribution >= 0.6 is 0 Å². The van der Waals surface area contributed by atoms with Crippen molar-refractivity contribution in [3.8, 4) is 5.75 Å². The quantitative estimate of drug-likeness (QED) is 0.266. The summed E-state index contributed by atoms with van der Waals surface area (Å²) in [6, 6.07) is 3.68. The molecule has 1 aromatic carbocycles. The minimum absolute atomic E-state index is 0.118. The third-order valence-electron chi connectivity index (χ3n) is 7.63. The summed E-state index contributed by atoms with van der Waals surface area (Å²) in [5.41, 5.74) is -0.735. The van der Waals surface area contributed by atoms with Gasteiger partial charge in [0.1, 0.15) is 17.2 Å². The number of aryl methyl sites for hydroxylation is 1. The number of halogens is 1. The van der Waals surface area contributed by atoms with Gasteiger partial charge in [-0.3, -0.25) is 19.8 Å². The van der Waals surface area contributed by atoms with Crippen LogP contribution < -0.4 is 10.1 Å². The molecule has 2 N–H and O–H groups in total. The number of ether oxygens (including phenoxy) is 2. The lowest BCUT2D eigenvalue weighted by Gasteiger charge is -2.34. The van der Waals surface area contributed by atoms with Gasteiger partial charge >= 0.3 is 6.09 Å². The van der Waals surface area contributed by atoms with Crippen LogP contribution in [0.25, 0.3) is 0 Å². The first-order chi connectivity index (χ1) is 19.9. The summed E-state index contributed by atoms with van der Waals surface area (Å²) in [4.78, 5) is 38.5. The summed E-state index contributed by atoms with van der Waals surface area (Å²) in [6.45, 7) is 7.97. The molecule has 2 aliphatic rings. The Morgan fingerprint density at radius 3 is 2.64 bits per heavy atom. The summed E-state index contributed by atoms with van der Waals surface area (Å²) in [5, 5.41) is 22.1. The Balaban J connectivity index is 1.38. The molecule has 1 aromatic heterocycles. The van der Waals surface area contributed by atoms with Crippen molar-refractivity contribution in [1.29, 1.82) is 0 Å². The van der Waals surface area contributed by atoms with Crippen LogP contribution in [0.2, 0.25) is 0 Å². The predicted octanol–water partition coefficient (Wildman–Crippen LogP) is 3.87. The molecule has 1 aliphatic carbocycles. The van der Waals surface area contributed by atoms with E-state index in [1.54, 1.807) is 43.8 Å². The largest absolute Gasteiger partial charge is 0.490 e. The van der Waals surface area contributed by atoms with Crippen molar-refractivity contribution in [3.05, 3.63) is 41.5 Å². The molecule has 230 valence electrons. The molecule has 2 fully saturated rings. The van der Waals surface area contributed by atoms with E-state index in [0.29, 0.717) is 43.8 Å². The summed E-state index contributed by atoms with van der Waals surface area (Å²) in [5.74, 6) is -0.709. The molecule has 1 unspecified atom stereocenters. The number of piperidine rings is 1. The molecule has 4 rings (SSSR count). The molecule has 1 aliphatic heterocycles. The topological polar surface area (TPSA) is 136 Å². The number of unbranched alkanes of at least 4 members (excludes halogenated alkanes) is 1. The molecule has 11 nitrogen and oxygen atoms in total. The highest BCUT2D eigenvalue weighted by Gasteiger charge is 2.36. The van der Waals surface area contributed by atoms with Crippen LogP contribution in [0.1, 0.15) is 83.9 Å². The van der Waals surface area contributed by atoms with Crippen LogP contribution in [0, 0.1) is 11.7 Å². The molecule has 42 heavy (non-hydrogen) atoms. The minimum atomic E-state index is -1.33. The number of rotatable bonds is 13. The van der Waals surface area contributed by atoms with Gasteiger partial charge in [0.25, 0.3) is 0 Å². The van der Waals surface area contributed by atoms with Crippen LogP contribution in [-0.2, 0) is 32.9 Å². The monoisotopic (exact) mass is 587 g/mol. The third kappa shape index (κ3) is 8.27. The van der Waals surface area contributed by atoms with Gasteiger partial charge in [0.2, 0.25) is 11.8 Å². The SMILES string of the molecule is CC[C@@](O)(Cn1nncc1CCCCN(C(=O)OC(C)(C)C)C1CCC(=O)NC1=O)c1ccc(F)c(OCC2CC2)c1. The average molecular weight is 588 g/mol. The summed E-state index contributed by atoms with van der Waals surface area (Å²) in [7, 11) is 0. The second-order valence-electron chi connectivity index (χ2n) is 12.3. The molecule has 3 amide bonds. The Kier molecular flexibility index (Phi) is 9.85. The number of hydrogen-bond donors (Lipinski definition) is 2. The Bertz CT molecular complexity index is 1270. The molecule has 0 bridgehead atoms. The van der Waals surface area contributed by atoms with Gasteiger partial charge in [-0.1, -0.05) is 18.2 Å². The van der Waals surface area contributed by atoms with Crippen LogP contribution in [0.3, 0.4) is 0 Å². The van der Waals surface area contributed by atoms with Crippen molar-refractivity contribution in [2.75, 3.05) is 13.2 Å². The van der Waals surface area contributed by atoms with Crippen LogP contribution in [0.5, 0.6) is 5.75 Å². The van der Waals surface area contributed by atoms with E-state index in [-0.39, 0.29) is 37.6 Å². The number of nitrogens with zero attached hydrogens (tertiary/aromatic N) is 4. The van der Waals surface area contributed by atoms with E-state index in [1.165, 1.54) is 11.0 Å². The first kappa shape index (κ1) is 31.4. The number of carbonyl (C=O) groups is 3. The third-order valence-corrected chi connectivity index (χ3v) is 7.63. The lowest BCUT2D eigenvalue weighted by Crippen LogP contribution is -2.55. The van der Waals surface area contributed by atoms with Gasteiger partial charge in [0.15, 0.2) is 11.6 Å². The number of aromatic nitrogens is 3. The standard InChI is InChI=1S/C30H42FN5O6/c1-5-30(40,21-11-12-23(31)25(16-21)41-18-20-9-10-20)19-36-22(17-32-34-36)8-6-7-15-35(28(39)42-29(2,3)4)24-13-14-26(37)33-27(24)38/h11-12,16-17,20,24,40H,5-10,13-15,18-19H2,1-4H3,(H,33,37,38)/t24?,30-/m1/s1. The molecular formula is C30H42FN5O6. The number of benzene rings is 1. The average Bonchev–Trinajstić information content (AvgIpc) is 3.65. The van der Waals surface area contributed by atoms with E-state index in [0.717, 1.165) is 18.5 Å². The maximum atomic E-state index is 14.4. The van der Waals surface area contributed by atoms with Gasteiger partial charge < -0.3 is 14.6 Å². The molecule has 0 radical (unpaired) electrons. The van der Waals surface area contributed by atoms with Crippen molar-refractivity contribution in [2.45, 2.75) is 103 Å². The van der Waals surface area contributed by atoms with E-state index in [2.05, 4.69) is 15.6 Å². The number of carbonyl (C=O) groups excluding carboxylic acids is 3. The van der Waals surface area contributed by atoms with E-state index in [4.69, 9.17) is 9.47 Å². The van der Waals surface area contributed by atoms with Crippen molar-refractivity contribution >= 4 is 17.9 Å². The van der Waals surface area contributed by atoms with E-state index in [1.807, 2.05) is 6.92 Å². The van der Waals surface area contributed by atoms with Gasteiger partial charge in [-0.05, 0) is 89.3 Å². The fraction of sp³-hybridized carbons (Fsp3) is 0.633. The zero-order chi connectivity index (χ0) is 30.5. The van der Waals surface area contributed by atoms with Crippen molar-refractivity contribution in [3.63, 3.8) is 0 Å². The zero-order valence-electron chi connectivity index (χ0n) is 24.9. The van der Waals surface area contributed by atoms with Crippen LogP contribution in [0.15, 0.2) is 24.4 Å². The van der Waals surface area contributed by atoms with E-state index < -0.39 is 35.1 Å². The highest BCUT2D eigenvalue weighted by molar-refractivity contribution is 6.01. The molecule has 2 heterocycles. The number of nitrogens with one attached hydrogen (secondary N) is 1. The highest BCUT2D eigenvalue weighted by atomic mass is 19.1. The van der Waals surface area contributed by atoms with Gasteiger partial charge in [-0.25, -0.2) is 13.9 Å². The Hall–Kier alpha value is -3.54. The number of imide groups is 1. The van der Waals surface area contributed by atoms with Crippen molar-refractivity contribution in [1.82, 2.24) is 25.2 Å². The fourth-order valence-electron chi connectivity index (χ4n) is 4.92. The van der Waals surface area contributed by atoms with Gasteiger partial charge in [0.05, 0.1) is 25.0 Å². The summed E-state index contributed by atoms with van der Waals surface area (Å²) >= 11 is 0. The molecule has 12 heteroatoms. The lowest BCUT2D eigenvalue weighted by molar-refractivity contribution is -0.137. The van der Waals surface area contributed by atoms with Crippen molar-refractivity contribution < 1.29 is 33.4 Å². The van der Waals surface area contributed by atoms with Gasteiger partial charge in [-0.15, -0.1) is 5.10 Å². The van der Waals surface area contributed by atoms with Crippen LogP contribution in [0.4, 0.5) is 9.18 Å². The first-order valence-electron chi connectivity index (χ1n) is 14.7. The van der Waals surface area contributed by atoms with Gasteiger partial charge in [0, 0.05) is 13.0 Å². The Labute approximate surface area is 245 Å². The Morgan fingerprint density at radius 1 is 1.21 bits per heavy atom. The lowest BCUT2D eigenvalue weighted by atomic mass is 9.90. The molecular weight excluding hydrogens is 545 g/mol. The molecule has 2 atom stereocenters. The first-order valence-corrected chi connectivity index (χ1v) is 14.7. The molecule has 0 spiro atoms. The number of hydrogen-bond acceptors (Lipinski definition) is 8. The maximum Gasteiger partial charge on any atom is 0.410 e. The summed E-state index contributed by atoms with van der Waals surface area (Å²) < 4.78 is 27.3. The smallest absolute Gasteiger partial charge is 0.410 e. The molecule has 2 aromatic rings. The molecule has 1 saturated heterocycles. The fourth-order valence-corrected chi connectivity index (χ4v) is 4.92. The highest BCUT2D eigenvalue weighted by Crippen LogP contribution is 2.34.